The predicted octanol–water partition coefficient (Wildman–Crippen LogP) is 3.65. The normalized spacial score (nSPS) is 15.5. The summed E-state index contributed by atoms with van der Waals surface area (Å²) in [7, 11) is 0. The standard InChI is InChI=1S/C22H19ClFN5O2S/c1-12-20(13-2-4-14(23)5-3-13)27-19(32-12)11-26-22(31)17-10-18(21(25)30)29(28-17)16-8-6-15(24)7-9-16/h2-9,18H,10-11H2,1H3,(H2,25,30)(H,26,31). The third-order valence-electron chi connectivity index (χ3n) is 4.95. The van der Waals surface area contributed by atoms with Crippen LogP contribution in [0.3, 0.4) is 0 Å². The molecule has 1 unspecified atom stereocenters. The molecule has 164 valence electrons. The number of thiazole rings is 1. The summed E-state index contributed by atoms with van der Waals surface area (Å²) in [4.78, 5) is 30.2. The molecule has 1 aliphatic rings. The molecule has 0 bridgehead atoms. The quantitative estimate of drug-likeness (QED) is 0.573. The number of aryl methyl sites for hydroxylation is 1. The zero-order chi connectivity index (χ0) is 22.8. The Hall–Kier alpha value is -3.30. The first-order chi connectivity index (χ1) is 15.3. The molecule has 0 saturated carbocycles. The van der Waals surface area contributed by atoms with Crippen LogP contribution in [0.15, 0.2) is 53.6 Å². The first kappa shape index (κ1) is 21.9. The lowest BCUT2D eigenvalue weighted by Crippen LogP contribution is -2.39. The summed E-state index contributed by atoms with van der Waals surface area (Å²) in [5, 5.41) is 9.80. The molecule has 10 heteroatoms. The zero-order valence-corrected chi connectivity index (χ0v) is 18.6. The number of benzene rings is 2. The molecule has 0 saturated heterocycles. The van der Waals surface area contributed by atoms with Crippen molar-refractivity contribution in [3.05, 3.63) is 69.3 Å². The topological polar surface area (TPSA) is 101 Å². The molecule has 2 heterocycles. The van der Waals surface area contributed by atoms with Gasteiger partial charge in [-0.2, -0.15) is 5.10 Å². The summed E-state index contributed by atoms with van der Waals surface area (Å²) < 4.78 is 13.2. The largest absolute Gasteiger partial charge is 0.368 e. The number of hydrogen-bond donors (Lipinski definition) is 2. The Morgan fingerprint density at radius 3 is 2.56 bits per heavy atom. The third-order valence-corrected chi connectivity index (χ3v) is 6.17. The van der Waals surface area contributed by atoms with Gasteiger partial charge in [0.15, 0.2) is 0 Å². The Kier molecular flexibility index (Phi) is 6.20. The van der Waals surface area contributed by atoms with Crippen LogP contribution < -0.4 is 16.1 Å². The highest BCUT2D eigenvalue weighted by atomic mass is 35.5. The van der Waals surface area contributed by atoms with Gasteiger partial charge in [0.05, 0.1) is 17.9 Å². The van der Waals surface area contributed by atoms with Gasteiger partial charge in [-0.15, -0.1) is 11.3 Å². The van der Waals surface area contributed by atoms with Crippen LogP contribution in [0.1, 0.15) is 16.3 Å². The molecule has 7 nitrogen and oxygen atoms in total. The summed E-state index contributed by atoms with van der Waals surface area (Å²) >= 11 is 7.43. The Labute approximate surface area is 192 Å². The lowest BCUT2D eigenvalue weighted by molar-refractivity contribution is -0.119. The van der Waals surface area contributed by atoms with E-state index in [0.717, 1.165) is 21.1 Å². The van der Waals surface area contributed by atoms with Crippen molar-refractivity contribution in [3.8, 4) is 11.3 Å². The second-order valence-electron chi connectivity index (χ2n) is 7.19. The first-order valence-corrected chi connectivity index (χ1v) is 10.9. The van der Waals surface area contributed by atoms with Crippen molar-refractivity contribution < 1.29 is 14.0 Å². The molecule has 3 N–H and O–H groups in total. The lowest BCUT2D eigenvalue weighted by atomic mass is 10.1. The van der Waals surface area contributed by atoms with E-state index in [2.05, 4.69) is 15.4 Å². The highest BCUT2D eigenvalue weighted by molar-refractivity contribution is 7.12. The van der Waals surface area contributed by atoms with Gasteiger partial charge in [0, 0.05) is 21.9 Å². The Morgan fingerprint density at radius 1 is 1.22 bits per heavy atom. The van der Waals surface area contributed by atoms with Crippen LogP contribution in [-0.2, 0) is 16.1 Å². The molecule has 1 atom stereocenters. The van der Waals surface area contributed by atoms with Crippen molar-refractivity contribution in [2.24, 2.45) is 10.8 Å². The fraction of sp³-hybridized carbons (Fsp3) is 0.182. The molecule has 0 fully saturated rings. The number of nitrogens with two attached hydrogens (primary N) is 1. The molecule has 2 amide bonds. The molecule has 3 aromatic rings. The number of hydrogen-bond acceptors (Lipinski definition) is 6. The van der Waals surface area contributed by atoms with E-state index < -0.39 is 23.7 Å². The van der Waals surface area contributed by atoms with Crippen molar-refractivity contribution >= 4 is 46.2 Å². The number of amides is 2. The summed E-state index contributed by atoms with van der Waals surface area (Å²) in [6, 6.07) is 12.0. The van der Waals surface area contributed by atoms with Crippen molar-refractivity contribution in [1.29, 1.82) is 0 Å². The Bertz CT molecular complexity index is 1190. The van der Waals surface area contributed by atoms with Crippen LogP contribution in [0.4, 0.5) is 10.1 Å². The van der Waals surface area contributed by atoms with Gasteiger partial charge in [0.25, 0.3) is 5.91 Å². The van der Waals surface area contributed by atoms with Crippen LogP contribution >= 0.6 is 22.9 Å². The molecule has 4 rings (SSSR count). The Morgan fingerprint density at radius 2 is 1.91 bits per heavy atom. The predicted molar refractivity (Wildman–Crippen MR) is 123 cm³/mol. The first-order valence-electron chi connectivity index (χ1n) is 9.74. The van der Waals surface area contributed by atoms with E-state index >= 15 is 0 Å². The van der Waals surface area contributed by atoms with Crippen molar-refractivity contribution in [2.75, 3.05) is 5.01 Å². The number of primary amides is 1. The van der Waals surface area contributed by atoms with Crippen LogP contribution in [-0.4, -0.2) is 28.6 Å². The number of carbonyl (C=O) groups is 2. The Balaban J connectivity index is 1.46. The maximum absolute atomic E-state index is 13.2. The number of hydrazone groups is 1. The third kappa shape index (κ3) is 4.63. The van der Waals surface area contributed by atoms with E-state index in [1.807, 2.05) is 19.1 Å². The van der Waals surface area contributed by atoms with E-state index in [4.69, 9.17) is 17.3 Å². The number of aromatic nitrogens is 1. The fourth-order valence-corrected chi connectivity index (χ4v) is 4.38. The monoisotopic (exact) mass is 471 g/mol. The number of rotatable bonds is 6. The highest BCUT2D eigenvalue weighted by Crippen LogP contribution is 2.29. The zero-order valence-electron chi connectivity index (χ0n) is 17.0. The van der Waals surface area contributed by atoms with Crippen LogP contribution in [0, 0.1) is 12.7 Å². The summed E-state index contributed by atoms with van der Waals surface area (Å²) in [6.07, 6.45) is 0.0610. The molecule has 32 heavy (non-hydrogen) atoms. The minimum atomic E-state index is -0.820. The summed E-state index contributed by atoms with van der Waals surface area (Å²) in [5.41, 5.74) is 7.92. The number of halogens is 2. The van der Waals surface area contributed by atoms with Gasteiger partial charge in [0.1, 0.15) is 22.6 Å². The number of carbonyl (C=O) groups excluding carboxylic acids is 2. The molecule has 1 aromatic heterocycles. The van der Waals surface area contributed by atoms with E-state index in [1.54, 1.807) is 12.1 Å². The summed E-state index contributed by atoms with van der Waals surface area (Å²) in [5.74, 6) is -1.45. The molecule has 1 aliphatic heterocycles. The molecule has 0 spiro atoms. The molecular weight excluding hydrogens is 453 g/mol. The van der Waals surface area contributed by atoms with Crippen molar-refractivity contribution in [1.82, 2.24) is 10.3 Å². The van der Waals surface area contributed by atoms with E-state index in [9.17, 15) is 14.0 Å². The van der Waals surface area contributed by atoms with Gasteiger partial charge in [-0.25, -0.2) is 9.37 Å². The van der Waals surface area contributed by atoms with Crippen molar-refractivity contribution in [2.45, 2.75) is 25.9 Å². The van der Waals surface area contributed by atoms with Gasteiger partial charge in [-0.3, -0.25) is 14.6 Å². The van der Waals surface area contributed by atoms with Crippen LogP contribution in [0.25, 0.3) is 11.3 Å². The number of anilines is 1. The van der Waals surface area contributed by atoms with Gasteiger partial charge in [-0.05, 0) is 43.3 Å². The number of nitrogens with one attached hydrogen (secondary N) is 1. The maximum atomic E-state index is 13.2. The maximum Gasteiger partial charge on any atom is 0.267 e. The molecule has 2 aromatic carbocycles. The average Bonchev–Trinajstić information content (AvgIpc) is 3.37. The summed E-state index contributed by atoms with van der Waals surface area (Å²) in [6.45, 7) is 2.18. The van der Waals surface area contributed by atoms with Gasteiger partial charge in [0.2, 0.25) is 5.91 Å². The van der Waals surface area contributed by atoms with Gasteiger partial charge < -0.3 is 11.1 Å². The number of nitrogens with zero attached hydrogens (tertiary/aromatic N) is 3. The van der Waals surface area contributed by atoms with E-state index in [0.29, 0.717) is 10.7 Å². The van der Waals surface area contributed by atoms with Gasteiger partial charge in [-0.1, -0.05) is 23.7 Å². The molecule has 0 radical (unpaired) electrons. The van der Waals surface area contributed by atoms with E-state index in [-0.39, 0.29) is 18.7 Å². The fourth-order valence-electron chi connectivity index (χ4n) is 3.36. The minimum Gasteiger partial charge on any atom is -0.368 e. The second-order valence-corrected chi connectivity index (χ2v) is 8.92. The smallest absolute Gasteiger partial charge is 0.267 e. The molecule has 0 aliphatic carbocycles. The molecular formula is C22H19ClFN5O2S. The van der Waals surface area contributed by atoms with Crippen molar-refractivity contribution in [3.63, 3.8) is 0 Å². The SMILES string of the molecule is Cc1sc(CNC(=O)C2=NN(c3ccc(F)cc3)C(C(N)=O)C2)nc1-c1ccc(Cl)cc1. The van der Waals surface area contributed by atoms with Crippen LogP contribution in [0.2, 0.25) is 5.02 Å². The van der Waals surface area contributed by atoms with Crippen LogP contribution in [0.5, 0.6) is 0 Å². The lowest BCUT2D eigenvalue weighted by Gasteiger charge is -2.20. The second kappa shape index (κ2) is 9.05. The van der Waals surface area contributed by atoms with Gasteiger partial charge >= 0.3 is 0 Å². The average molecular weight is 472 g/mol. The highest BCUT2D eigenvalue weighted by Gasteiger charge is 2.35. The minimum absolute atomic E-state index is 0.0610. The van der Waals surface area contributed by atoms with E-state index in [1.165, 1.54) is 40.6 Å².